The predicted octanol–water partition coefficient (Wildman–Crippen LogP) is 6.44. The van der Waals surface area contributed by atoms with Gasteiger partial charge in [-0.05, 0) is 118 Å². The molecular formula is C30H47N3S. The average Bonchev–Trinajstić information content (AvgIpc) is 3.33. The molecule has 4 aliphatic rings. The zero-order chi connectivity index (χ0) is 23.9. The number of fused-ring (bicyclic) bond motifs is 3. The molecule has 4 heteroatoms. The summed E-state index contributed by atoms with van der Waals surface area (Å²) in [5.74, 6) is 1.22. The Morgan fingerprint density at radius 3 is 2.53 bits per heavy atom. The fraction of sp³-hybridized carbons (Fsp3) is 0.767. The Morgan fingerprint density at radius 2 is 1.76 bits per heavy atom. The molecule has 1 aromatic rings. The Hall–Kier alpha value is -1.13. The van der Waals surface area contributed by atoms with Crippen LogP contribution in [-0.2, 0) is 11.8 Å². The molecule has 188 valence electrons. The second kappa shape index (κ2) is 9.73. The lowest BCUT2D eigenvalue weighted by atomic mass is 9.52. The van der Waals surface area contributed by atoms with Crippen molar-refractivity contribution in [3.63, 3.8) is 0 Å². The summed E-state index contributed by atoms with van der Waals surface area (Å²) in [6.07, 6.45) is 14.3. The molecule has 0 spiro atoms. The summed E-state index contributed by atoms with van der Waals surface area (Å²) in [4.78, 5) is 2.74. The number of hydrogen-bond acceptors (Lipinski definition) is 2. The molecule has 0 unspecified atom stereocenters. The van der Waals surface area contributed by atoms with Gasteiger partial charge in [-0.3, -0.25) is 4.90 Å². The van der Waals surface area contributed by atoms with Gasteiger partial charge in [-0.2, -0.15) is 0 Å². The van der Waals surface area contributed by atoms with Crippen LogP contribution in [0.25, 0.3) is 0 Å². The van der Waals surface area contributed by atoms with Crippen molar-refractivity contribution in [1.82, 2.24) is 15.5 Å². The lowest BCUT2D eigenvalue weighted by Gasteiger charge is -2.56. The highest BCUT2D eigenvalue weighted by atomic mass is 32.1. The van der Waals surface area contributed by atoms with Gasteiger partial charge in [0.25, 0.3) is 0 Å². The predicted molar refractivity (Wildman–Crippen MR) is 148 cm³/mol. The Kier molecular flexibility index (Phi) is 7.03. The van der Waals surface area contributed by atoms with Crippen LogP contribution in [0.5, 0.6) is 0 Å². The molecule has 0 radical (unpaired) electrons. The number of rotatable bonds is 4. The molecule has 0 aromatic heterocycles. The monoisotopic (exact) mass is 481 g/mol. The lowest BCUT2D eigenvalue weighted by molar-refractivity contribution is 0.0756. The molecule has 0 amide bonds. The number of nitrogens with zero attached hydrogens (tertiary/aromatic N) is 1. The quantitative estimate of drug-likeness (QED) is 0.484. The average molecular weight is 482 g/mol. The van der Waals surface area contributed by atoms with E-state index in [4.69, 9.17) is 12.2 Å². The minimum absolute atomic E-state index is 0.0588. The summed E-state index contributed by atoms with van der Waals surface area (Å²) in [5.41, 5.74) is 5.00. The highest BCUT2D eigenvalue weighted by Crippen LogP contribution is 2.53. The zero-order valence-electron chi connectivity index (χ0n) is 22.1. The van der Waals surface area contributed by atoms with Crippen LogP contribution in [-0.4, -0.2) is 40.7 Å². The van der Waals surface area contributed by atoms with Gasteiger partial charge in [0.1, 0.15) is 0 Å². The van der Waals surface area contributed by atoms with E-state index in [1.165, 1.54) is 89.3 Å². The van der Waals surface area contributed by atoms with E-state index in [-0.39, 0.29) is 11.0 Å². The second-order valence-electron chi connectivity index (χ2n) is 12.7. The topological polar surface area (TPSA) is 27.3 Å². The van der Waals surface area contributed by atoms with Crippen molar-refractivity contribution in [3.05, 3.63) is 34.9 Å². The van der Waals surface area contributed by atoms with Crippen molar-refractivity contribution in [2.24, 2.45) is 5.92 Å². The number of thiocarbonyl (C=S) groups is 1. The zero-order valence-corrected chi connectivity index (χ0v) is 22.9. The molecule has 2 N–H and O–H groups in total. The van der Waals surface area contributed by atoms with Crippen LogP contribution in [0, 0.1) is 5.92 Å². The molecule has 1 saturated heterocycles. The number of benzene rings is 1. The van der Waals surface area contributed by atoms with Gasteiger partial charge in [-0.25, -0.2) is 0 Å². The van der Waals surface area contributed by atoms with Gasteiger partial charge in [0.15, 0.2) is 5.11 Å². The first-order valence-corrected chi connectivity index (χ1v) is 14.7. The first-order chi connectivity index (χ1) is 16.3. The summed E-state index contributed by atoms with van der Waals surface area (Å²) in [7, 11) is 0. The summed E-state index contributed by atoms with van der Waals surface area (Å²) >= 11 is 6.03. The van der Waals surface area contributed by atoms with E-state index >= 15 is 0 Å². The molecular weight excluding hydrogens is 434 g/mol. The van der Waals surface area contributed by atoms with Crippen LogP contribution in [0.1, 0.15) is 115 Å². The Labute approximate surface area is 213 Å². The number of likely N-dealkylation sites (tertiary alicyclic amines) is 1. The molecule has 3 aliphatic carbocycles. The van der Waals surface area contributed by atoms with Crippen molar-refractivity contribution in [3.8, 4) is 0 Å². The van der Waals surface area contributed by atoms with E-state index in [2.05, 4.69) is 61.4 Å². The molecule has 3 nitrogen and oxygen atoms in total. The van der Waals surface area contributed by atoms with E-state index in [1.54, 1.807) is 11.1 Å². The highest BCUT2D eigenvalue weighted by Gasteiger charge is 2.52. The maximum absolute atomic E-state index is 6.03. The van der Waals surface area contributed by atoms with E-state index in [9.17, 15) is 0 Å². The normalized spacial score (nSPS) is 36.1. The van der Waals surface area contributed by atoms with E-state index in [0.29, 0.717) is 23.9 Å². The van der Waals surface area contributed by atoms with Crippen LogP contribution in [0.2, 0.25) is 0 Å². The number of nitrogens with one attached hydrogen (secondary N) is 2. The fourth-order valence-corrected chi connectivity index (χ4v) is 8.66. The third-order valence-corrected chi connectivity index (χ3v) is 10.3. The van der Waals surface area contributed by atoms with Crippen molar-refractivity contribution >= 4 is 17.3 Å². The number of aryl methyl sites for hydroxylation is 1. The summed E-state index contributed by atoms with van der Waals surface area (Å²) in [6, 6.07) is 8.55. The van der Waals surface area contributed by atoms with Crippen molar-refractivity contribution in [2.45, 2.75) is 127 Å². The minimum Gasteiger partial charge on any atom is -0.358 e. The summed E-state index contributed by atoms with van der Waals surface area (Å²) in [5, 5.41) is 8.69. The van der Waals surface area contributed by atoms with Crippen molar-refractivity contribution in [2.75, 3.05) is 13.1 Å². The van der Waals surface area contributed by atoms with E-state index < -0.39 is 0 Å². The first kappa shape index (κ1) is 24.6. The van der Waals surface area contributed by atoms with Crippen LogP contribution >= 0.6 is 12.2 Å². The van der Waals surface area contributed by atoms with Gasteiger partial charge >= 0.3 is 0 Å². The Bertz CT molecular complexity index is 891. The van der Waals surface area contributed by atoms with Crippen molar-refractivity contribution < 1.29 is 0 Å². The molecule has 2 saturated carbocycles. The maximum Gasteiger partial charge on any atom is 0.166 e. The van der Waals surface area contributed by atoms with Crippen LogP contribution in [0.15, 0.2) is 18.2 Å². The van der Waals surface area contributed by atoms with Crippen LogP contribution in [0.3, 0.4) is 0 Å². The third-order valence-electron chi connectivity index (χ3n) is 10.1. The molecule has 34 heavy (non-hydrogen) atoms. The van der Waals surface area contributed by atoms with Gasteiger partial charge in [0.05, 0.1) is 0 Å². The lowest BCUT2D eigenvalue weighted by Crippen LogP contribution is -2.64. The highest BCUT2D eigenvalue weighted by molar-refractivity contribution is 7.80. The summed E-state index contributed by atoms with van der Waals surface area (Å²) < 4.78 is 0. The third kappa shape index (κ3) is 4.54. The molecule has 1 heterocycles. The first-order valence-electron chi connectivity index (χ1n) is 14.3. The fourth-order valence-electron chi connectivity index (χ4n) is 8.27. The largest absolute Gasteiger partial charge is 0.358 e. The second-order valence-corrected chi connectivity index (χ2v) is 13.1. The molecule has 0 bridgehead atoms. The maximum atomic E-state index is 6.03. The molecule has 1 aliphatic heterocycles. The SMILES string of the molecule is CC(C)c1ccc2c(c1)CC[C@H]1[C@](C)(NC(=S)N[C@@H]3CCCC[C@H]3N3CCCC3)CCC[C@]21C. The van der Waals surface area contributed by atoms with Crippen LogP contribution in [0.4, 0.5) is 0 Å². The van der Waals surface area contributed by atoms with Crippen molar-refractivity contribution in [1.29, 1.82) is 0 Å². The van der Waals surface area contributed by atoms with Gasteiger partial charge in [-0.15, -0.1) is 0 Å². The molecule has 3 fully saturated rings. The smallest absolute Gasteiger partial charge is 0.166 e. The minimum atomic E-state index is 0.0588. The number of hydrogen-bond donors (Lipinski definition) is 2. The van der Waals surface area contributed by atoms with E-state index in [1.807, 2.05) is 0 Å². The molecule has 1 aromatic carbocycles. The Morgan fingerprint density at radius 1 is 1.00 bits per heavy atom. The Balaban J connectivity index is 1.31. The van der Waals surface area contributed by atoms with Gasteiger partial charge in [0, 0.05) is 17.6 Å². The summed E-state index contributed by atoms with van der Waals surface area (Å²) in [6.45, 7) is 12.2. The van der Waals surface area contributed by atoms with Gasteiger partial charge in [0.2, 0.25) is 0 Å². The van der Waals surface area contributed by atoms with Gasteiger partial charge < -0.3 is 10.6 Å². The standard InChI is InChI=1S/C30H47N3S/c1-21(2)22-12-14-24-23(20-22)13-15-27-29(24,3)16-9-17-30(27,4)32-28(34)31-25-10-5-6-11-26(25)33-18-7-8-19-33/h12,14,20-21,25-27H,5-11,13,15-19H2,1-4H3,(H2,31,32,34)/t25-,26-,27-,29-,30-/m1/s1. The van der Waals surface area contributed by atoms with Crippen LogP contribution < -0.4 is 10.6 Å². The molecule has 5 atom stereocenters. The van der Waals surface area contributed by atoms with Gasteiger partial charge in [-0.1, -0.05) is 58.2 Å². The van der Waals surface area contributed by atoms with E-state index in [0.717, 1.165) is 5.11 Å². The molecule has 5 rings (SSSR count).